The van der Waals surface area contributed by atoms with Crippen LogP contribution in [0.15, 0.2) is 24.5 Å². The number of H-pyrrole nitrogens is 1. The van der Waals surface area contributed by atoms with E-state index in [0.717, 1.165) is 41.8 Å². The molecule has 1 amide bonds. The lowest BCUT2D eigenvalue weighted by Crippen LogP contribution is -2.44. The van der Waals surface area contributed by atoms with E-state index in [1.807, 2.05) is 12.4 Å². The van der Waals surface area contributed by atoms with Crippen molar-refractivity contribution >= 4 is 17.4 Å². The Balaban J connectivity index is 1.74. The molecular weight excluding hydrogens is 302 g/mol. The van der Waals surface area contributed by atoms with Gasteiger partial charge in [-0.3, -0.25) is 9.48 Å². The Hall–Kier alpha value is -2.63. The predicted octanol–water partition coefficient (Wildman–Crippen LogP) is 2.87. The first-order chi connectivity index (χ1) is 11.6. The number of aromatic amines is 1. The minimum atomic E-state index is 0.282. The Morgan fingerprint density at radius 3 is 2.83 bits per heavy atom. The van der Waals surface area contributed by atoms with Gasteiger partial charge in [0.15, 0.2) is 0 Å². The first kappa shape index (κ1) is 14.9. The molecule has 124 valence electrons. The third-order valence-electron chi connectivity index (χ3n) is 4.76. The SMILES string of the molecule is Cc1c[nH]c2ncc(-c3cc(C4CN(C=O)C4)n(C(C)C)n3)cc12. The van der Waals surface area contributed by atoms with Gasteiger partial charge in [-0.1, -0.05) is 0 Å². The van der Waals surface area contributed by atoms with E-state index in [0.29, 0.717) is 5.92 Å². The van der Waals surface area contributed by atoms with Crippen LogP contribution in [-0.4, -0.2) is 44.1 Å². The molecule has 1 N–H and O–H groups in total. The number of nitrogens with one attached hydrogen (secondary N) is 1. The summed E-state index contributed by atoms with van der Waals surface area (Å²) in [7, 11) is 0. The fourth-order valence-electron chi connectivity index (χ4n) is 3.33. The highest BCUT2D eigenvalue weighted by Crippen LogP contribution is 2.32. The summed E-state index contributed by atoms with van der Waals surface area (Å²) in [6, 6.07) is 4.57. The van der Waals surface area contributed by atoms with Crippen molar-refractivity contribution in [3.8, 4) is 11.3 Å². The monoisotopic (exact) mass is 323 g/mol. The van der Waals surface area contributed by atoms with Crippen molar-refractivity contribution in [1.82, 2.24) is 24.6 Å². The molecule has 0 unspecified atom stereocenters. The van der Waals surface area contributed by atoms with Gasteiger partial charge < -0.3 is 9.88 Å². The van der Waals surface area contributed by atoms with Crippen LogP contribution in [0.1, 0.15) is 37.1 Å². The van der Waals surface area contributed by atoms with Crippen LogP contribution in [0.3, 0.4) is 0 Å². The molecule has 1 aliphatic rings. The second kappa shape index (κ2) is 5.47. The Morgan fingerprint density at radius 2 is 2.12 bits per heavy atom. The van der Waals surface area contributed by atoms with Crippen LogP contribution < -0.4 is 0 Å². The van der Waals surface area contributed by atoms with Gasteiger partial charge in [0.25, 0.3) is 0 Å². The molecule has 6 heteroatoms. The number of nitrogens with zero attached hydrogens (tertiary/aromatic N) is 4. The molecule has 1 saturated heterocycles. The maximum absolute atomic E-state index is 10.8. The number of rotatable bonds is 4. The highest BCUT2D eigenvalue weighted by atomic mass is 16.1. The molecule has 24 heavy (non-hydrogen) atoms. The van der Waals surface area contributed by atoms with Gasteiger partial charge in [0.1, 0.15) is 5.65 Å². The van der Waals surface area contributed by atoms with Crippen molar-refractivity contribution in [3.05, 3.63) is 35.8 Å². The number of hydrogen-bond donors (Lipinski definition) is 1. The number of amides is 1. The first-order valence-corrected chi connectivity index (χ1v) is 8.29. The predicted molar refractivity (Wildman–Crippen MR) is 92.8 cm³/mol. The first-order valence-electron chi connectivity index (χ1n) is 8.29. The molecule has 3 aromatic heterocycles. The van der Waals surface area contributed by atoms with Crippen LogP contribution >= 0.6 is 0 Å². The van der Waals surface area contributed by atoms with Gasteiger partial charge in [0, 0.05) is 54.1 Å². The smallest absolute Gasteiger partial charge is 0.209 e. The maximum Gasteiger partial charge on any atom is 0.209 e. The molecule has 4 heterocycles. The minimum absolute atomic E-state index is 0.282. The van der Waals surface area contributed by atoms with Crippen LogP contribution in [-0.2, 0) is 4.79 Å². The lowest BCUT2D eigenvalue weighted by Gasteiger charge is -2.36. The van der Waals surface area contributed by atoms with Crippen molar-refractivity contribution in [2.45, 2.75) is 32.7 Å². The summed E-state index contributed by atoms with van der Waals surface area (Å²) in [4.78, 5) is 20.3. The van der Waals surface area contributed by atoms with Crippen LogP contribution in [0, 0.1) is 6.92 Å². The van der Waals surface area contributed by atoms with Crippen LogP contribution in [0.2, 0.25) is 0 Å². The molecule has 0 spiro atoms. The fraction of sp³-hybridized carbons (Fsp3) is 0.389. The summed E-state index contributed by atoms with van der Waals surface area (Å²) in [5.41, 5.74) is 5.25. The number of carbonyl (C=O) groups excluding carboxylic acids is 1. The standard InChI is InChI=1S/C18H21N5O/c1-11(2)23-17(14-8-22(9-14)10-24)5-16(21-23)13-4-15-12(3)6-19-18(15)20-7-13/h4-7,10-11,14H,8-9H2,1-3H3,(H,19,20). The third kappa shape index (κ3) is 2.29. The number of aryl methyl sites for hydroxylation is 1. The molecule has 0 atom stereocenters. The van der Waals surface area contributed by atoms with Crippen molar-refractivity contribution in [2.24, 2.45) is 0 Å². The quantitative estimate of drug-likeness (QED) is 0.751. The largest absolute Gasteiger partial charge is 0.346 e. The van der Waals surface area contributed by atoms with Crippen molar-refractivity contribution < 1.29 is 4.79 Å². The third-order valence-corrected chi connectivity index (χ3v) is 4.76. The van der Waals surface area contributed by atoms with Gasteiger partial charge in [-0.15, -0.1) is 0 Å². The molecule has 0 aromatic carbocycles. The van der Waals surface area contributed by atoms with Crippen molar-refractivity contribution in [1.29, 1.82) is 0 Å². The summed E-state index contributed by atoms with van der Waals surface area (Å²) in [5, 5.41) is 5.94. The van der Waals surface area contributed by atoms with Gasteiger partial charge in [-0.25, -0.2) is 4.98 Å². The van der Waals surface area contributed by atoms with E-state index in [9.17, 15) is 4.79 Å². The van der Waals surface area contributed by atoms with E-state index in [4.69, 9.17) is 5.10 Å². The zero-order valence-electron chi connectivity index (χ0n) is 14.2. The number of fused-ring (bicyclic) bond motifs is 1. The summed E-state index contributed by atoms with van der Waals surface area (Å²) >= 11 is 0. The molecular formula is C18H21N5O. The molecule has 4 rings (SSSR count). The summed E-state index contributed by atoms with van der Waals surface area (Å²) < 4.78 is 2.08. The normalized spacial score (nSPS) is 15.2. The van der Waals surface area contributed by atoms with Gasteiger partial charge in [-0.2, -0.15) is 5.10 Å². The lowest BCUT2D eigenvalue weighted by atomic mass is 9.96. The number of hydrogen-bond acceptors (Lipinski definition) is 3. The van der Waals surface area contributed by atoms with E-state index in [1.54, 1.807) is 4.90 Å². The molecule has 6 nitrogen and oxygen atoms in total. The second-order valence-electron chi connectivity index (χ2n) is 6.84. The molecule has 0 aliphatic carbocycles. The molecule has 1 fully saturated rings. The van der Waals surface area contributed by atoms with Gasteiger partial charge in [-0.05, 0) is 38.5 Å². The van der Waals surface area contributed by atoms with Crippen LogP contribution in [0.5, 0.6) is 0 Å². The van der Waals surface area contributed by atoms with Gasteiger partial charge >= 0.3 is 0 Å². The summed E-state index contributed by atoms with van der Waals surface area (Å²) in [5.74, 6) is 0.365. The maximum atomic E-state index is 10.8. The average Bonchev–Trinajstić information content (AvgIpc) is 3.11. The highest BCUT2D eigenvalue weighted by Gasteiger charge is 2.31. The Kier molecular flexibility index (Phi) is 3.40. The molecule has 0 bridgehead atoms. The van der Waals surface area contributed by atoms with E-state index < -0.39 is 0 Å². The van der Waals surface area contributed by atoms with Gasteiger partial charge in [0.05, 0.1) is 5.69 Å². The topological polar surface area (TPSA) is 66.8 Å². The Bertz CT molecular complexity index is 901. The molecule has 0 saturated carbocycles. The van der Waals surface area contributed by atoms with Crippen LogP contribution in [0.25, 0.3) is 22.3 Å². The lowest BCUT2D eigenvalue weighted by molar-refractivity contribution is -0.122. The minimum Gasteiger partial charge on any atom is -0.346 e. The highest BCUT2D eigenvalue weighted by molar-refractivity contribution is 5.83. The summed E-state index contributed by atoms with van der Waals surface area (Å²) in [6.07, 6.45) is 4.76. The van der Waals surface area contributed by atoms with E-state index in [-0.39, 0.29) is 6.04 Å². The van der Waals surface area contributed by atoms with Gasteiger partial charge in [0.2, 0.25) is 6.41 Å². The van der Waals surface area contributed by atoms with E-state index >= 15 is 0 Å². The number of aromatic nitrogens is 4. The van der Waals surface area contributed by atoms with E-state index in [1.165, 1.54) is 11.3 Å². The summed E-state index contributed by atoms with van der Waals surface area (Å²) in [6.45, 7) is 7.89. The Morgan fingerprint density at radius 1 is 1.33 bits per heavy atom. The molecule has 1 aliphatic heterocycles. The Labute approximate surface area is 140 Å². The number of pyridine rings is 1. The van der Waals surface area contributed by atoms with E-state index in [2.05, 4.69) is 47.6 Å². The number of carbonyl (C=O) groups is 1. The number of likely N-dealkylation sites (tertiary alicyclic amines) is 1. The van der Waals surface area contributed by atoms with Crippen LogP contribution in [0.4, 0.5) is 0 Å². The average molecular weight is 323 g/mol. The fourth-order valence-corrected chi connectivity index (χ4v) is 3.33. The second-order valence-corrected chi connectivity index (χ2v) is 6.84. The molecule has 0 radical (unpaired) electrons. The zero-order valence-corrected chi connectivity index (χ0v) is 14.2. The zero-order chi connectivity index (χ0) is 16.8. The molecule has 3 aromatic rings. The van der Waals surface area contributed by atoms with Crippen molar-refractivity contribution in [2.75, 3.05) is 13.1 Å². The van der Waals surface area contributed by atoms with Crippen molar-refractivity contribution in [3.63, 3.8) is 0 Å².